The Morgan fingerprint density at radius 3 is 2.32 bits per heavy atom. The van der Waals surface area contributed by atoms with Gasteiger partial charge in [-0.05, 0) is 44.5 Å². The fourth-order valence-corrected chi connectivity index (χ4v) is 1.81. The van der Waals surface area contributed by atoms with E-state index in [1.165, 1.54) is 0 Å². The number of anilines is 2. The number of ether oxygens (including phenoxy) is 1. The van der Waals surface area contributed by atoms with Gasteiger partial charge in [-0.1, -0.05) is 13.3 Å². The van der Waals surface area contributed by atoms with Gasteiger partial charge < -0.3 is 9.64 Å². The van der Waals surface area contributed by atoms with Crippen LogP contribution in [0.4, 0.5) is 16.2 Å². The van der Waals surface area contributed by atoms with Crippen LogP contribution in [0.1, 0.15) is 33.6 Å². The Bertz CT molecular complexity index is 372. The maximum atomic E-state index is 11.5. The van der Waals surface area contributed by atoms with Crippen LogP contribution in [0.25, 0.3) is 0 Å². The Morgan fingerprint density at radius 2 is 1.79 bits per heavy atom. The van der Waals surface area contributed by atoms with Gasteiger partial charge in [0.25, 0.3) is 0 Å². The standard InChI is InChI=1S/C15H24N2O2/c1-4-7-12-19-15(18)16-13-8-10-14(11-9-13)17(5-2)6-3/h8-11H,4-7,12H2,1-3H3,(H,16,18). The van der Waals surface area contributed by atoms with Crippen LogP contribution in [0.5, 0.6) is 0 Å². The van der Waals surface area contributed by atoms with Gasteiger partial charge in [0, 0.05) is 24.5 Å². The Hall–Kier alpha value is -1.71. The largest absolute Gasteiger partial charge is 0.449 e. The molecule has 0 spiro atoms. The summed E-state index contributed by atoms with van der Waals surface area (Å²) in [4.78, 5) is 13.7. The highest BCUT2D eigenvalue weighted by Gasteiger charge is 2.04. The number of amides is 1. The molecule has 0 aliphatic heterocycles. The number of nitrogens with one attached hydrogen (secondary N) is 1. The zero-order chi connectivity index (χ0) is 14.1. The lowest BCUT2D eigenvalue weighted by Crippen LogP contribution is -2.21. The number of hydrogen-bond donors (Lipinski definition) is 1. The minimum atomic E-state index is -0.385. The van der Waals surface area contributed by atoms with E-state index in [1.54, 1.807) is 0 Å². The van der Waals surface area contributed by atoms with E-state index in [0.717, 1.165) is 37.3 Å². The highest BCUT2D eigenvalue weighted by atomic mass is 16.5. The highest BCUT2D eigenvalue weighted by Crippen LogP contribution is 2.17. The van der Waals surface area contributed by atoms with Crippen LogP contribution in [-0.4, -0.2) is 25.8 Å². The zero-order valence-corrected chi connectivity index (χ0v) is 12.1. The van der Waals surface area contributed by atoms with Gasteiger partial charge in [0.15, 0.2) is 0 Å². The van der Waals surface area contributed by atoms with E-state index in [9.17, 15) is 4.79 Å². The predicted molar refractivity (Wildman–Crippen MR) is 79.9 cm³/mol. The van der Waals surface area contributed by atoms with Gasteiger partial charge in [-0.25, -0.2) is 4.79 Å². The summed E-state index contributed by atoms with van der Waals surface area (Å²) in [6.07, 6.45) is 1.53. The average Bonchev–Trinajstić information content (AvgIpc) is 2.42. The van der Waals surface area contributed by atoms with E-state index < -0.39 is 0 Å². The molecule has 0 aliphatic carbocycles. The van der Waals surface area contributed by atoms with Crippen molar-refractivity contribution in [2.75, 3.05) is 29.9 Å². The van der Waals surface area contributed by atoms with Crippen LogP contribution < -0.4 is 10.2 Å². The van der Waals surface area contributed by atoms with E-state index >= 15 is 0 Å². The third kappa shape index (κ3) is 5.20. The van der Waals surface area contributed by atoms with Crippen LogP contribution in [0.2, 0.25) is 0 Å². The van der Waals surface area contributed by atoms with Gasteiger partial charge in [-0.3, -0.25) is 5.32 Å². The molecular weight excluding hydrogens is 240 g/mol. The smallest absolute Gasteiger partial charge is 0.411 e. The molecule has 0 aromatic heterocycles. The number of hydrogen-bond acceptors (Lipinski definition) is 3. The van der Waals surface area contributed by atoms with E-state index in [-0.39, 0.29) is 6.09 Å². The Kier molecular flexibility index (Phi) is 6.79. The number of benzene rings is 1. The molecule has 0 radical (unpaired) electrons. The maximum absolute atomic E-state index is 11.5. The molecule has 1 amide bonds. The molecule has 0 heterocycles. The fraction of sp³-hybridized carbons (Fsp3) is 0.533. The van der Waals surface area contributed by atoms with Gasteiger partial charge in [-0.2, -0.15) is 0 Å². The first kappa shape index (κ1) is 15.3. The minimum absolute atomic E-state index is 0.385. The van der Waals surface area contributed by atoms with Gasteiger partial charge in [-0.15, -0.1) is 0 Å². The molecule has 4 heteroatoms. The summed E-state index contributed by atoms with van der Waals surface area (Å²) in [5.74, 6) is 0. The second-order valence-electron chi connectivity index (χ2n) is 4.33. The lowest BCUT2D eigenvalue weighted by molar-refractivity contribution is 0.160. The molecule has 0 unspecified atom stereocenters. The normalized spacial score (nSPS) is 10.1. The zero-order valence-electron chi connectivity index (χ0n) is 12.1. The van der Waals surface area contributed by atoms with Crippen LogP contribution >= 0.6 is 0 Å². The minimum Gasteiger partial charge on any atom is -0.449 e. The Labute approximate surface area is 115 Å². The topological polar surface area (TPSA) is 41.6 Å². The molecule has 0 bridgehead atoms. The molecule has 1 aromatic carbocycles. The molecule has 19 heavy (non-hydrogen) atoms. The fourth-order valence-electron chi connectivity index (χ4n) is 1.81. The van der Waals surface area contributed by atoms with E-state index in [1.807, 2.05) is 24.3 Å². The van der Waals surface area contributed by atoms with Crippen LogP contribution in [-0.2, 0) is 4.74 Å². The first-order valence-corrected chi connectivity index (χ1v) is 7.00. The summed E-state index contributed by atoms with van der Waals surface area (Å²) in [5.41, 5.74) is 1.92. The highest BCUT2D eigenvalue weighted by molar-refractivity contribution is 5.84. The number of nitrogens with zero attached hydrogens (tertiary/aromatic N) is 1. The van der Waals surface area contributed by atoms with Crippen molar-refractivity contribution in [2.45, 2.75) is 33.6 Å². The van der Waals surface area contributed by atoms with Crippen molar-refractivity contribution in [3.63, 3.8) is 0 Å². The molecule has 0 fully saturated rings. The molecule has 0 aliphatic rings. The van der Waals surface area contributed by atoms with Gasteiger partial charge in [0.2, 0.25) is 0 Å². The number of carbonyl (C=O) groups is 1. The molecule has 1 aromatic rings. The number of rotatable bonds is 7. The monoisotopic (exact) mass is 264 g/mol. The molecule has 0 saturated carbocycles. The van der Waals surface area contributed by atoms with Crippen molar-refractivity contribution in [3.05, 3.63) is 24.3 Å². The second-order valence-corrected chi connectivity index (χ2v) is 4.33. The molecule has 0 atom stereocenters. The second kappa shape index (κ2) is 8.40. The van der Waals surface area contributed by atoms with Gasteiger partial charge >= 0.3 is 6.09 Å². The summed E-state index contributed by atoms with van der Waals surface area (Å²) >= 11 is 0. The average molecular weight is 264 g/mol. The third-order valence-corrected chi connectivity index (χ3v) is 2.97. The maximum Gasteiger partial charge on any atom is 0.411 e. The lowest BCUT2D eigenvalue weighted by Gasteiger charge is -2.21. The van der Waals surface area contributed by atoms with Crippen LogP contribution in [0.3, 0.4) is 0 Å². The summed E-state index contributed by atoms with van der Waals surface area (Å²) in [6.45, 7) is 8.74. The number of unbranched alkanes of at least 4 members (excludes halogenated alkanes) is 1. The molecule has 1 rings (SSSR count). The Balaban J connectivity index is 2.50. The van der Waals surface area contributed by atoms with Gasteiger partial charge in [0.05, 0.1) is 6.61 Å². The summed E-state index contributed by atoms with van der Waals surface area (Å²) < 4.78 is 5.05. The van der Waals surface area contributed by atoms with Crippen molar-refractivity contribution in [3.8, 4) is 0 Å². The molecule has 0 saturated heterocycles. The van der Waals surface area contributed by atoms with Crippen molar-refractivity contribution < 1.29 is 9.53 Å². The van der Waals surface area contributed by atoms with Crippen molar-refractivity contribution in [1.29, 1.82) is 0 Å². The van der Waals surface area contributed by atoms with E-state index in [2.05, 4.69) is 31.0 Å². The molecular formula is C15H24N2O2. The van der Waals surface area contributed by atoms with Crippen molar-refractivity contribution >= 4 is 17.5 Å². The SMILES string of the molecule is CCCCOC(=O)Nc1ccc(N(CC)CC)cc1. The van der Waals surface area contributed by atoms with Crippen molar-refractivity contribution in [1.82, 2.24) is 0 Å². The third-order valence-electron chi connectivity index (χ3n) is 2.97. The molecule has 4 nitrogen and oxygen atoms in total. The van der Waals surface area contributed by atoms with Gasteiger partial charge in [0.1, 0.15) is 0 Å². The number of carbonyl (C=O) groups excluding carboxylic acids is 1. The van der Waals surface area contributed by atoms with E-state index in [0.29, 0.717) is 6.61 Å². The summed E-state index contributed by atoms with van der Waals surface area (Å²) in [7, 11) is 0. The van der Waals surface area contributed by atoms with Crippen molar-refractivity contribution in [2.24, 2.45) is 0 Å². The predicted octanol–water partition coefficient (Wildman–Crippen LogP) is 3.88. The quantitative estimate of drug-likeness (QED) is 0.760. The molecule has 106 valence electrons. The first-order chi connectivity index (χ1) is 9.21. The first-order valence-electron chi connectivity index (χ1n) is 7.00. The lowest BCUT2D eigenvalue weighted by atomic mass is 10.2. The summed E-state index contributed by atoms with van der Waals surface area (Å²) in [6, 6.07) is 7.81. The van der Waals surface area contributed by atoms with Crippen LogP contribution in [0.15, 0.2) is 24.3 Å². The summed E-state index contributed by atoms with van der Waals surface area (Å²) in [5, 5.41) is 2.72. The van der Waals surface area contributed by atoms with Crippen LogP contribution in [0, 0.1) is 0 Å². The molecule has 1 N–H and O–H groups in total. The van der Waals surface area contributed by atoms with E-state index in [4.69, 9.17) is 4.74 Å². The Morgan fingerprint density at radius 1 is 1.16 bits per heavy atom.